The zero-order valence-corrected chi connectivity index (χ0v) is 17.8. The third-order valence-corrected chi connectivity index (χ3v) is 6.99. The van der Waals surface area contributed by atoms with Gasteiger partial charge in [-0.15, -0.1) is 11.3 Å². The molecule has 1 amide bonds. The van der Waals surface area contributed by atoms with Crippen LogP contribution >= 0.6 is 11.3 Å². The monoisotopic (exact) mass is 391 g/mol. The molecule has 1 saturated carbocycles. The van der Waals surface area contributed by atoms with Gasteiger partial charge in [0.25, 0.3) is 0 Å². The van der Waals surface area contributed by atoms with E-state index in [0.717, 1.165) is 31.2 Å². The number of hydrogen-bond acceptors (Lipinski definition) is 4. The molecule has 1 N–H and O–H groups in total. The summed E-state index contributed by atoms with van der Waals surface area (Å²) in [6.07, 6.45) is 10.7. The maximum absolute atomic E-state index is 12.7. The first-order valence-corrected chi connectivity index (χ1v) is 11.4. The van der Waals surface area contributed by atoms with Crippen LogP contribution in [0.4, 0.5) is 5.00 Å². The van der Waals surface area contributed by atoms with Gasteiger partial charge in [0.1, 0.15) is 5.00 Å². The molecule has 0 spiro atoms. The van der Waals surface area contributed by atoms with Gasteiger partial charge in [-0.25, -0.2) is 4.79 Å². The molecule has 150 valence electrons. The molecule has 27 heavy (non-hydrogen) atoms. The molecule has 4 nitrogen and oxygen atoms in total. The maximum atomic E-state index is 12.7. The Hall–Kier alpha value is -1.36. The number of nitrogens with one attached hydrogen (secondary N) is 1. The molecule has 3 rings (SSSR count). The van der Waals surface area contributed by atoms with Crippen LogP contribution in [0.2, 0.25) is 0 Å². The molecule has 1 fully saturated rings. The summed E-state index contributed by atoms with van der Waals surface area (Å²) in [5.41, 5.74) is 1.72. The number of rotatable bonds is 6. The number of esters is 1. The highest BCUT2D eigenvalue weighted by Gasteiger charge is 2.29. The van der Waals surface area contributed by atoms with Crippen LogP contribution in [0.15, 0.2) is 0 Å². The van der Waals surface area contributed by atoms with Gasteiger partial charge >= 0.3 is 5.97 Å². The van der Waals surface area contributed by atoms with Gasteiger partial charge in [-0.05, 0) is 56.9 Å². The second-order valence-corrected chi connectivity index (χ2v) is 9.71. The van der Waals surface area contributed by atoms with Crippen LogP contribution in [0.25, 0.3) is 0 Å². The molecule has 1 aromatic heterocycles. The molecule has 5 heteroatoms. The van der Waals surface area contributed by atoms with Crippen LogP contribution in [0.1, 0.15) is 92.9 Å². The fourth-order valence-corrected chi connectivity index (χ4v) is 5.74. The third-order valence-electron chi connectivity index (χ3n) is 5.82. The number of thiophene rings is 1. The molecule has 0 saturated heterocycles. The molecule has 1 unspecified atom stereocenters. The van der Waals surface area contributed by atoms with Crippen molar-refractivity contribution >= 4 is 28.2 Å². The molecular formula is C22H33NO3S. The second-order valence-electron chi connectivity index (χ2n) is 8.60. The molecule has 0 bridgehead atoms. The van der Waals surface area contributed by atoms with E-state index < -0.39 is 0 Å². The van der Waals surface area contributed by atoms with Crippen molar-refractivity contribution in [3.63, 3.8) is 0 Å². The fraction of sp³-hybridized carbons (Fsp3) is 0.727. The molecule has 0 radical (unpaired) electrons. The van der Waals surface area contributed by atoms with Crippen LogP contribution in [0.3, 0.4) is 0 Å². The van der Waals surface area contributed by atoms with E-state index in [1.807, 2.05) is 13.8 Å². The first-order valence-electron chi connectivity index (χ1n) is 10.6. The van der Waals surface area contributed by atoms with E-state index in [9.17, 15) is 9.59 Å². The summed E-state index contributed by atoms with van der Waals surface area (Å²) in [7, 11) is 0. The van der Waals surface area contributed by atoms with Crippen molar-refractivity contribution < 1.29 is 14.3 Å². The van der Waals surface area contributed by atoms with Gasteiger partial charge in [-0.1, -0.05) is 39.0 Å². The Morgan fingerprint density at radius 1 is 1.19 bits per heavy atom. The molecular weight excluding hydrogens is 358 g/mol. The van der Waals surface area contributed by atoms with Crippen LogP contribution in [0.5, 0.6) is 0 Å². The van der Waals surface area contributed by atoms with Crippen molar-refractivity contribution in [2.75, 3.05) is 5.32 Å². The summed E-state index contributed by atoms with van der Waals surface area (Å²) in [5.74, 6) is 1.05. The average Bonchev–Trinajstić information content (AvgIpc) is 2.97. The number of amides is 1. The summed E-state index contributed by atoms with van der Waals surface area (Å²) in [4.78, 5) is 26.5. The normalized spacial score (nSPS) is 20.4. The number of anilines is 1. The SMILES string of the molecule is CC1CCc2c(sc(NC(=O)CCC3CCCCC3)c2C(=O)OC(C)C)C1. The molecule has 1 heterocycles. The summed E-state index contributed by atoms with van der Waals surface area (Å²) >= 11 is 1.58. The first kappa shape index (κ1) is 20.4. The summed E-state index contributed by atoms with van der Waals surface area (Å²) in [5, 5.41) is 3.76. The number of ether oxygens (including phenoxy) is 1. The second kappa shape index (κ2) is 9.22. The van der Waals surface area contributed by atoms with Gasteiger partial charge in [0.15, 0.2) is 0 Å². The lowest BCUT2D eigenvalue weighted by molar-refractivity contribution is -0.116. The summed E-state index contributed by atoms with van der Waals surface area (Å²) in [6, 6.07) is 0. The Kier molecular flexibility index (Phi) is 6.96. The smallest absolute Gasteiger partial charge is 0.341 e. The van der Waals surface area contributed by atoms with Gasteiger partial charge in [0.2, 0.25) is 5.91 Å². The molecule has 0 aliphatic heterocycles. The predicted octanol–water partition coefficient (Wildman–Crippen LogP) is 5.74. The Morgan fingerprint density at radius 2 is 1.93 bits per heavy atom. The van der Waals surface area contributed by atoms with Crippen LogP contribution in [-0.2, 0) is 22.4 Å². The molecule has 2 aliphatic carbocycles. The van der Waals surface area contributed by atoms with Crippen LogP contribution < -0.4 is 5.32 Å². The van der Waals surface area contributed by atoms with E-state index in [2.05, 4.69) is 12.2 Å². The first-order chi connectivity index (χ1) is 12.9. The van der Waals surface area contributed by atoms with E-state index in [0.29, 0.717) is 28.8 Å². The predicted molar refractivity (Wildman–Crippen MR) is 110 cm³/mol. The molecule has 1 aromatic rings. The van der Waals surface area contributed by atoms with Crippen molar-refractivity contribution in [2.45, 2.75) is 91.1 Å². The minimum absolute atomic E-state index is 0.0332. The van der Waals surface area contributed by atoms with Gasteiger partial charge < -0.3 is 10.1 Å². The minimum Gasteiger partial charge on any atom is -0.459 e. The molecule has 0 aromatic carbocycles. The fourth-order valence-electron chi connectivity index (χ4n) is 4.33. The van der Waals surface area contributed by atoms with Crippen molar-refractivity contribution in [2.24, 2.45) is 11.8 Å². The lowest BCUT2D eigenvalue weighted by Crippen LogP contribution is -2.19. The highest BCUT2D eigenvalue weighted by Crippen LogP contribution is 2.40. The van der Waals surface area contributed by atoms with Gasteiger partial charge in [0.05, 0.1) is 11.7 Å². The largest absolute Gasteiger partial charge is 0.459 e. The number of carbonyl (C=O) groups excluding carboxylic acids is 2. The van der Waals surface area contributed by atoms with Crippen LogP contribution in [0, 0.1) is 11.8 Å². The topological polar surface area (TPSA) is 55.4 Å². The lowest BCUT2D eigenvalue weighted by atomic mass is 9.86. The van der Waals surface area contributed by atoms with Gasteiger partial charge in [-0.2, -0.15) is 0 Å². The van der Waals surface area contributed by atoms with Crippen molar-refractivity contribution in [3.8, 4) is 0 Å². The quantitative estimate of drug-likeness (QED) is 0.629. The Morgan fingerprint density at radius 3 is 2.63 bits per heavy atom. The highest BCUT2D eigenvalue weighted by molar-refractivity contribution is 7.17. The summed E-state index contributed by atoms with van der Waals surface area (Å²) < 4.78 is 5.48. The molecule has 2 aliphatic rings. The highest BCUT2D eigenvalue weighted by atomic mass is 32.1. The average molecular weight is 392 g/mol. The van der Waals surface area contributed by atoms with Gasteiger partial charge in [0, 0.05) is 11.3 Å². The summed E-state index contributed by atoms with van der Waals surface area (Å²) in [6.45, 7) is 5.97. The van der Waals surface area contributed by atoms with Gasteiger partial charge in [-0.3, -0.25) is 4.79 Å². The lowest BCUT2D eigenvalue weighted by Gasteiger charge is -2.21. The Balaban J connectivity index is 1.71. The third kappa shape index (κ3) is 5.34. The zero-order chi connectivity index (χ0) is 19.4. The van der Waals surface area contributed by atoms with E-state index >= 15 is 0 Å². The number of hydrogen-bond donors (Lipinski definition) is 1. The zero-order valence-electron chi connectivity index (χ0n) is 16.9. The van der Waals surface area contributed by atoms with E-state index in [4.69, 9.17) is 4.74 Å². The minimum atomic E-state index is -0.292. The molecule has 1 atom stereocenters. The standard InChI is InChI=1S/C22H33NO3S/c1-14(2)26-22(25)20-17-11-9-15(3)13-18(17)27-21(20)23-19(24)12-10-16-7-5-4-6-8-16/h14-16H,4-13H2,1-3H3,(H,23,24). The number of carbonyl (C=O) groups is 2. The van der Waals surface area contributed by atoms with Crippen molar-refractivity contribution in [1.29, 1.82) is 0 Å². The number of fused-ring (bicyclic) bond motifs is 1. The Bertz CT molecular complexity index is 673. The van der Waals surface area contributed by atoms with Crippen molar-refractivity contribution in [3.05, 3.63) is 16.0 Å². The Labute approximate surface area is 167 Å². The maximum Gasteiger partial charge on any atom is 0.341 e. The van der Waals surface area contributed by atoms with Crippen molar-refractivity contribution in [1.82, 2.24) is 0 Å². The van der Waals surface area contributed by atoms with E-state index in [1.165, 1.54) is 37.0 Å². The van der Waals surface area contributed by atoms with E-state index in [-0.39, 0.29) is 18.0 Å². The van der Waals surface area contributed by atoms with E-state index in [1.54, 1.807) is 11.3 Å². The van der Waals surface area contributed by atoms with Crippen LogP contribution in [-0.4, -0.2) is 18.0 Å².